The number of pyridine rings is 1. The molecule has 0 radical (unpaired) electrons. The van der Waals surface area contributed by atoms with Crippen LogP contribution in [0.2, 0.25) is 0 Å². The maximum absolute atomic E-state index is 12.8. The van der Waals surface area contributed by atoms with Crippen molar-refractivity contribution in [1.29, 1.82) is 0 Å². The monoisotopic (exact) mass is 398 g/mol. The Kier molecular flexibility index (Phi) is 5.76. The molecule has 4 rings (SSSR count). The first-order valence-corrected chi connectivity index (χ1v) is 10.1. The van der Waals surface area contributed by atoms with Gasteiger partial charge in [0.25, 0.3) is 0 Å². The summed E-state index contributed by atoms with van der Waals surface area (Å²) in [5.74, 6) is 1.08. The number of amides is 1. The molecular weight excluding hydrogens is 376 g/mol. The number of benzene rings is 1. The lowest BCUT2D eigenvalue weighted by atomic mass is 10.0. The summed E-state index contributed by atoms with van der Waals surface area (Å²) in [7, 11) is 0. The molecule has 2 aromatic heterocycles. The van der Waals surface area contributed by atoms with Gasteiger partial charge in [-0.3, -0.25) is 0 Å². The number of rotatable bonds is 5. The minimum Gasteiger partial charge on any atom is -0.445 e. The molecule has 0 spiro atoms. The third-order valence-electron chi connectivity index (χ3n) is 5.16. The second-order valence-corrected chi connectivity index (χ2v) is 7.27. The molecule has 0 bridgehead atoms. The van der Waals surface area contributed by atoms with Crippen LogP contribution in [0.5, 0.6) is 0 Å². The SMILES string of the molecule is O=C(OCc1ccccc1)N1CCCCC1Cn1c(CCl)nc2cccnc21. The third kappa shape index (κ3) is 3.97. The van der Waals surface area contributed by atoms with E-state index >= 15 is 0 Å². The second-order valence-electron chi connectivity index (χ2n) is 7.00. The van der Waals surface area contributed by atoms with Gasteiger partial charge < -0.3 is 14.2 Å². The molecule has 1 atom stereocenters. The molecular formula is C21H23ClN4O2. The highest BCUT2D eigenvalue weighted by atomic mass is 35.5. The summed E-state index contributed by atoms with van der Waals surface area (Å²) in [6.45, 7) is 1.61. The van der Waals surface area contributed by atoms with Gasteiger partial charge in [-0.05, 0) is 37.0 Å². The molecule has 1 amide bonds. The van der Waals surface area contributed by atoms with E-state index < -0.39 is 0 Å². The first kappa shape index (κ1) is 18.7. The number of nitrogens with zero attached hydrogens (tertiary/aromatic N) is 4. The Morgan fingerprint density at radius 1 is 1.18 bits per heavy atom. The number of hydrogen-bond acceptors (Lipinski definition) is 4. The molecule has 6 nitrogen and oxygen atoms in total. The number of aromatic nitrogens is 3. The number of fused-ring (bicyclic) bond motifs is 1. The highest BCUT2D eigenvalue weighted by molar-refractivity contribution is 6.16. The van der Waals surface area contributed by atoms with E-state index in [1.165, 1.54) is 0 Å². The summed E-state index contributed by atoms with van der Waals surface area (Å²) in [4.78, 5) is 23.7. The van der Waals surface area contributed by atoms with Crippen molar-refractivity contribution >= 4 is 28.9 Å². The standard InChI is InChI=1S/C21H23ClN4O2/c22-13-19-24-18-10-6-11-23-20(18)26(19)14-17-9-4-5-12-25(17)21(27)28-15-16-7-2-1-3-8-16/h1-3,6-8,10-11,17H,4-5,9,12-15H2. The maximum atomic E-state index is 12.8. The molecule has 1 unspecified atom stereocenters. The van der Waals surface area contributed by atoms with Gasteiger partial charge in [0.15, 0.2) is 5.65 Å². The largest absolute Gasteiger partial charge is 0.445 e. The minimum atomic E-state index is -0.265. The van der Waals surface area contributed by atoms with Gasteiger partial charge in [-0.2, -0.15) is 0 Å². The number of likely N-dealkylation sites (tertiary alicyclic amines) is 1. The molecule has 0 saturated carbocycles. The van der Waals surface area contributed by atoms with Crippen LogP contribution in [-0.2, 0) is 23.8 Å². The third-order valence-corrected chi connectivity index (χ3v) is 5.40. The van der Waals surface area contributed by atoms with Gasteiger partial charge in [-0.25, -0.2) is 14.8 Å². The van der Waals surface area contributed by atoms with Gasteiger partial charge in [-0.1, -0.05) is 30.3 Å². The number of ether oxygens (including phenoxy) is 1. The summed E-state index contributed by atoms with van der Waals surface area (Å²) >= 11 is 6.12. The van der Waals surface area contributed by atoms with E-state index in [1.807, 2.05) is 51.9 Å². The van der Waals surface area contributed by atoms with E-state index in [0.29, 0.717) is 19.0 Å². The van der Waals surface area contributed by atoms with Crippen molar-refractivity contribution in [3.05, 3.63) is 60.0 Å². The van der Waals surface area contributed by atoms with E-state index in [9.17, 15) is 4.79 Å². The Morgan fingerprint density at radius 2 is 2.04 bits per heavy atom. The van der Waals surface area contributed by atoms with E-state index in [-0.39, 0.29) is 18.7 Å². The molecule has 28 heavy (non-hydrogen) atoms. The Labute approximate surface area is 169 Å². The van der Waals surface area contributed by atoms with Gasteiger partial charge in [-0.15, -0.1) is 11.6 Å². The average Bonchev–Trinajstić information content (AvgIpc) is 3.11. The van der Waals surface area contributed by atoms with Crippen LogP contribution in [0.3, 0.4) is 0 Å². The summed E-state index contributed by atoms with van der Waals surface area (Å²) in [5, 5.41) is 0. The van der Waals surface area contributed by atoms with Crippen LogP contribution < -0.4 is 0 Å². The average molecular weight is 399 g/mol. The van der Waals surface area contributed by atoms with Gasteiger partial charge in [0.05, 0.1) is 11.9 Å². The van der Waals surface area contributed by atoms with Crippen LogP contribution in [0.4, 0.5) is 4.79 Å². The van der Waals surface area contributed by atoms with E-state index in [0.717, 1.165) is 41.8 Å². The maximum Gasteiger partial charge on any atom is 0.410 e. The van der Waals surface area contributed by atoms with Gasteiger partial charge in [0, 0.05) is 19.3 Å². The minimum absolute atomic E-state index is 0.0402. The van der Waals surface area contributed by atoms with Crippen LogP contribution in [0.15, 0.2) is 48.7 Å². The van der Waals surface area contributed by atoms with Crippen LogP contribution in [-0.4, -0.2) is 38.1 Å². The predicted octanol–water partition coefficient (Wildman–Crippen LogP) is 4.36. The van der Waals surface area contributed by atoms with Crippen LogP contribution >= 0.6 is 11.6 Å². The summed E-state index contributed by atoms with van der Waals surface area (Å²) in [5.41, 5.74) is 2.62. The number of carbonyl (C=O) groups excluding carboxylic acids is 1. The van der Waals surface area contributed by atoms with Crippen LogP contribution in [0.25, 0.3) is 11.2 Å². The summed E-state index contributed by atoms with van der Waals surface area (Å²) < 4.78 is 7.62. The van der Waals surface area contributed by atoms with Crippen molar-refractivity contribution in [1.82, 2.24) is 19.4 Å². The lowest BCUT2D eigenvalue weighted by molar-refractivity contribution is 0.0639. The smallest absolute Gasteiger partial charge is 0.410 e. The van der Waals surface area contributed by atoms with Crippen LogP contribution in [0.1, 0.15) is 30.7 Å². The zero-order valence-electron chi connectivity index (χ0n) is 15.6. The molecule has 3 heterocycles. The van der Waals surface area contributed by atoms with Crippen molar-refractivity contribution in [2.24, 2.45) is 0 Å². The highest BCUT2D eigenvalue weighted by Gasteiger charge is 2.29. The van der Waals surface area contributed by atoms with Crippen LogP contribution in [0, 0.1) is 0 Å². The molecule has 0 aliphatic carbocycles. The van der Waals surface area contributed by atoms with Crippen molar-refractivity contribution in [2.75, 3.05) is 6.54 Å². The fraction of sp³-hybridized carbons (Fsp3) is 0.381. The highest BCUT2D eigenvalue weighted by Crippen LogP contribution is 2.23. The number of imidazole rings is 1. The number of hydrogen-bond donors (Lipinski definition) is 0. The van der Waals surface area contributed by atoms with E-state index in [2.05, 4.69) is 9.97 Å². The number of carbonyl (C=O) groups is 1. The van der Waals surface area contributed by atoms with Gasteiger partial charge in [0.1, 0.15) is 17.9 Å². The van der Waals surface area contributed by atoms with Crippen molar-refractivity contribution in [3.63, 3.8) is 0 Å². The Balaban J connectivity index is 1.50. The topological polar surface area (TPSA) is 60.2 Å². The van der Waals surface area contributed by atoms with E-state index in [1.54, 1.807) is 6.20 Å². The van der Waals surface area contributed by atoms with Gasteiger partial charge in [0.2, 0.25) is 0 Å². The van der Waals surface area contributed by atoms with E-state index in [4.69, 9.17) is 16.3 Å². The first-order chi connectivity index (χ1) is 13.8. The lowest BCUT2D eigenvalue weighted by Crippen LogP contribution is -2.46. The fourth-order valence-corrected chi connectivity index (χ4v) is 3.95. The van der Waals surface area contributed by atoms with Crippen molar-refractivity contribution in [2.45, 2.75) is 44.3 Å². The molecule has 0 N–H and O–H groups in total. The Bertz CT molecular complexity index is 944. The number of piperidine rings is 1. The normalized spacial score (nSPS) is 17.0. The Hall–Kier alpha value is -2.60. The molecule has 146 valence electrons. The molecule has 7 heteroatoms. The first-order valence-electron chi connectivity index (χ1n) is 9.59. The van der Waals surface area contributed by atoms with Gasteiger partial charge >= 0.3 is 6.09 Å². The fourth-order valence-electron chi connectivity index (χ4n) is 3.74. The Morgan fingerprint density at radius 3 is 2.86 bits per heavy atom. The zero-order valence-corrected chi connectivity index (χ0v) is 16.4. The predicted molar refractivity (Wildman–Crippen MR) is 108 cm³/mol. The molecule has 3 aromatic rings. The number of halogens is 1. The second kappa shape index (κ2) is 8.61. The molecule has 1 aliphatic heterocycles. The zero-order chi connectivity index (χ0) is 19.3. The lowest BCUT2D eigenvalue weighted by Gasteiger charge is -2.35. The number of alkyl halides is 1. The molecule has 1 fully saturated rings. The summed E-state index contributed by atoms with van der Waals surface area (Å²) in [6.07, 6.45) is 4.49. The van der Waals surface area contributed by atoms with Crippen molar-refractivity contribution in [3.8, 4) is 0 Å². The van der Waals surface area contributed by atoms with Crippen molar-refractivity contribution < 1.29 is 9.53 Å². The molecule has 1 saturated heterocycles. The quantitative estimate of drug-likeness (QED) is 0.599. The molecule has 1 aromatic carbocycles. The molecule has 1 aliphatic rings. The summed E-state index contributed by atoms with van der Waals surface area (Å²) in [6, 6.07) is 13.6.